The van der Waals surface area contributed by atoms with Crippen LogP contribution in [0.5, 0.6) is 11.5 Å². The minimum absolute atomic E-state index is 0.0168. The fourth-order valence-corrected chi connectivity index (χ4v) is 4.50. The molecule has 0 radical (unpaired) electrons. The van der Waals surface area contributed by atoms with Crippen molar-refractivity contribution < 1.29 is 24.2 Å². The fraction of sp³-hybridized carbons (Fsp3) is 0.200. The number of rotatable bonds is 6. The summed E-state index contributed by atoms with van der Waals surface area (Å²) >= 11 is 1.42. The van der Waals surface area contributed by atoms with Crippen molar-refractivity contribution in [3.05, 3.63) is 82.1 Å². The second-order valence-electron chi connectivity index (χ2n) is 7.57. The highest BCUT2D eigenvalue weighted by molar-refractivity contribution is 7.10. The standard InChI is InChI=1S/C25H23NO5S/c1-15(2)31-19-10-6-16(7-11-19)23(27)21-22(20-5-4-14-32-20)26(25(29)24(21)28)17-8-12-18(30-3)13-9-17/h4-15,22,27H,1-3H3/b23-21-. The quantitative estimate of drug-likeness (QED) is 0.319. The third kappa shape index (κ3) is 3.99. The van der Waals surface area contributed by atoms with Crippen LogP contribution in [0.3, 0.4) is 0 Å². The summed E-state index contributed by atoms with van der Waals surface area (Å²) in [6.45, 7) is 3.85. The first-order valence-electron chi connectivity index (χ1n) is 10.2. The summed E-state index contributed by atoms with van der Waals surface area (Å²) in [5.74, 6) is -0.324. The van der Waals surface area contributed by atoms with Crippen LogP contribution < -0.4 is 14.4 Å². The number of aliphatic hydroxyl groups is 1. The molecule has 0 saturated carbocycles. The Hall–Kier alpha value is -3.58. The highest BCUT2D eigenvalue weighted by atomic mass is 32.1. The molecule has 7 heteroatoms. The molecule has 1 amide bonds. The molecule has 1 aliphatic heterocycles. The van der Waals surface area contributed by atoms with Crippen LogP contribution in [-0.4, -0.2) is 30.0 Å². The summed E-state index contributed by atoms with van der Waals surface area (Å²) < 4.78 is 10.9. The van der Waals surface area contributed by atoms with Crippen molar-refractivity contribution in [1.29, 1.82) is 0 Å². The number of anilines is 1. The molecule has 1 fully saturated rings. The van der Waals surface area contributed by atoms with Gasteiger partial charge in [-0.25, -0.2) is 0 Å². The lowest BCUT2D eigenvalue weighted by atomic mass is 9.99. The van der Waals surface area contributed by atoms with Crippen molar-refractivity contribution in [1.82, 2.24) is 0 Å². The van der Waals surface area contributed by atoms with E-state index >= 15 is 0 Å². The molecule has 164 valence electrons. The van der Waals surface area contributed by atoms with Crippen LogP contribution in [0.1, 0.15) is 30.3 Å². The summed E-state index contributed by atoms with van der Waals surface area (Å²) in [7, 11) is 1.56. The number of carbonyl (C=O) groups excluding carboxylic acids is 2. The minimum Gasteiger partial charge on any atom is -0.507 e. The van der Waals surface area contributed by atoms with E-state index in [2.05, 4.69) is 0 Å². The molecule has 0 bridgehead atoms. The Bertz CT molecular complexity index is 1150. The maximum atomic E-state index is 13.1. The lowest BCUT2D eigenvalue weighted by Crippen LogP contribution is -2.29. The number of amides is 1. The summed E-state index contributed by atoms with van der Waals surface area (Å²) in [4.78, 5) is 28.4. The van der Waals surface area contributed by atoms with Crippen LogP contribution in [0, 0.1) is 0 Å². The van der Waals surface area contributed by atoms with E-state index in [1.54, 1.807) is 55.6 Å². The highest BCUT2D eigenvalue weighted by Gasteiger charge is 2.47. The number of Topliss-reactive ketones (excluding diaryl/α,β-unsaturated/α-hetero) is 1. The number of methoxy groups -OCH3 is 1. The van der Waals surface area contributed by atoms with Crippen molar-refractivity contribution in [3.8, 4) is 11.5 Å². The van der Waals surface area contributed by atoms with Gasteiger partial charge < -0.3 is 14.6 Å². The van der Waals surface area contributed by atoms with E-state index < -0.39 is 17.7 Å². The number of hydrogen-bond donors (Lipinski definition) is 1. The first kappa shape index (κ1) is 21.6. The van der Waals surface area contributed by atoms with E-state index in [9.17, 15) is 14.7 Å². The van der Waals surface area contributed by atoms with E-state index in [1.165, 1.54) is 16.2 Å². The monoisotopic (exact) mass is 449 g/mol. The van der Waals surface area contributed by atoms with Crippen molar-refractivity contribution in [2.24, 2.45) is 0 Å². The molecule has 0 spiro atoms. The predicted octanol–water partition coefficient (Wildman–Crippen LogP) is 5.17. The number of carbonyl (C=O) groups is 2. The molecule has 2 aromatic carbocycles. The molecule has 1 atom stereocenters. The second kappa shape index (κ2) is 8.88. The van der Waals surface area contributed by atoms with Gasteiger partial charge >= 0.3 is 0 Å². The van der Waals surface area contributed by atoms with Crippen molar-refractivity contribution in [3.63, 3.8) is 0 Å². The van der Waals surface area contributed by atoms with Crippen molar-refractivity contribution >= 4 is 34.5 Å². The molecule has 1 saturated heterocycles. The van der Waals surface area contributed by atoms with Gasteiger partial charge in [0.1, 0.15) is 23.3 Å². The molecule has 6 nitrogen and oxygen atoms in total. The average Bonchev–Trinajstić information content (AvgIpc) is 3.41. The third-order valence-electron chi connectivity index (χ3n) is 5.11. The van der Waals surface area contributed by atoms with Gasteiger partial charge in [-0.15, -0.1) is 11.3 Å². The second-order valence-corrected chi connectivity index (χ2v) is 8.55. The Kier molecular flexibility index (Phi) is 6.01. The Labute approximate surface area is 190 Å². The molecule has 1 aromatic heterocycles. The van der Waals surface area contributed by atoms with Crippen molar-refractivity contribution in [2.75, 3.05) is 12.0 Å². The number of aliphatic hydroxyl groups excluding tert-OH is 1. The fourth-order valence-electron chi connectivity index (χ4n) is 3.68. The van der Waals surface area contributed by atoms with Crippen molar-refractivity contribution in [2.45, 2.75) is 26.0 Å². The van der Waals surface area contributed by atoms with Crippen LogP contribution in [0.4, 0.5) is 5.69 Å². The Morgan fingerprint density at radius 3 is 2.22 bits per heavy atom. The topological polar surface area (TPSA) is 76.1 Å². The van der Waals surface area contributed by atoms with E-state index in [0.717, 1.165) is 4.88 Å². The zero-order valence-electron chi connectivity index (χ0n) is 17.9. The Morgan fingerprint density at radius 1 is 1.00 bits per heavy atom. The van der Waals surface area contributed by atoms with E-state index in [-0.39, 0.29) is 17.4 Å². The highest BCUT2D eigenvalue weighted by Crippen LogP contribution is 2.43. The van der Waals surface area contributed by atoms with Gasteiger partial charge in [-0.05, 0) is 73.8 Å². The number of hydrogen-bond acceptors (Lipinski definition) is 6. The summed E-state index contributed by atoms with van der Waals surface area (Å²) in [5.41, 5.74) is 1.05. The van der Waals surface area contributed by atoms with Crippen LogP contribution in [0.25, 0.3) is 5.76 Å². The third-order valence-corrected chi connectivity index (χ3v) is 6.03. The maximum Gasteiger partial charge on any atom is 0.300 e. The van der Waals surface area contributed by atoms with Gasteiger partial charge in [-0.2, -0.15) is 0 Å². The van der Waals surface area contributed by atoms with Gasteiger partial charge in [0, 0.05) is 16.1 Å². The number of ether oxygens (including phenoxy) is 2. The molecule has 0 aliphatic carbocycles. The predicted molar refractivity (Wildman–Crippen MR) is 124 cm³/mol. The smallest absolute Gasteiger partial charge is 0.300 e. The minimum atomic E-state index is -0.727. The van der Waals surface area contributed by atoms with Gasteiger partial charge in [-0.1, -0.05) is 6.07 Å². The number of ketones is 1. The van der Waals surface area contributed by atoms with Crippen LogP contribution in [0.2, 0.25) is 0 Å². The van der Waals surface area contributed by atoms with Crippen LogP contribution >= 0.6 is 11.3 Å². The molecule has 4 rings (SSSR count). The van der Waals surface area contributed by atoms with E-state index in [4.69, 9.17) is 9.47 Å². The number of thiophene rings is 1. The lowest BCUT2D eigenvalue weighted by molar-refractivity contribution is -0.132. The summed E-state index contributed by atoms with van der Waals surface area (Å²) in [6.07, 6.45) is 0.0168. The summed E-state index contributed by atoms with van der Waals surface area (Å²) in [6, 6.07) is 16.7. The largest absolute Gasteiger partial charge is 0.507 e. The van der Waals surface area contributed by atoms with Gasteiger partial charge in [0.25, 0.3) is 11.7 Å². The number of benzene rings is 2. The molecular formula is C25H23NO5S. The lowest BCUT2D eigenvalue weighted by Gasteiger charge is -2.24. The molecule has 3 aromatic rings. The average molecular weight is 450 g/mol. The Balaban J connectivity index is 1.81. The van der Waals surface area contributed by atoms with Crippen LogP contribution in [-0.2, 0) is 9.59 Å². The zero-order chi connectivity index (χ0) is 22.8. The SMILES string of the molecule is COc1ccc(N2C(=O)C(=O)/C(=C(\O)c3ccc(OC(C)C)cc3)C2c2cccs2)cc1. The maximum absolute atomic E-state index is 13.1. The van der Waals surface area contributed by atoms with Gasteiger partial charge in [0.05, 0.1) is 18.8 Å². The zero-order valence-corrected chi connectivity index (χ0v) is 18.8. The van der Waals surface area contributed by atoms with E-state index in [0.29, 0.717) is 22.7 Å². The molecule has 1 aliphatic rings. The summed E-state index contributed by atoms with van der Waals surface area (Å²) in [5, 5.41) is 13.0. The molecule has 2 heterocycles. The van der Waals surface area contributed by atoms with E-state index in [1.807, 2.05) is 31.4 Å². The van der Waals surface area contributed by atoms with Crippen LogP contribution in [0.15, 0.2) is 71.6 Å². The van der Waals surface area contributed by atoms with Gasteiger partial charge in [0.2, 0.25) is 0 Å². The molecular weight excluding hydrogens is 426 g/mol. The Morgan fingerprint density at radius 2 is 1.66 bits per heavy atom. The molecule has 32 heavy (non-hydrogen) atoms. The van der Waals surface area contributed by atoms with Gasteiger partial charge in [-0.3, -0.25) is 14.5 Å². The number of nitrogens with zero attached hydrogens (tertiary/aromatic N) is 1. The molecule has 1 unspecified atom stereocenters. The molecule has 1 N–H and O–H groups in total. The first-order chi connectivity index (χ1) is 15.4. The normalized spacial score (nSPS) is 17.8. The first-order valence-corrected chi connectivity index (χ1v) is 11.0. The van der Waals surface area contributed by atoms with Gasteiger partial charge in [0.15, 0.2) is 0 Å².